The number of benzene rings is 3. The third-order valence-electron chi connectivity index (χ3n) is 6.59. The van der Waals surface area contributed by atoms with E-state index in [1.165, 1.54) is 12.1 Å². The Morgan fingerprint density at radius 2 is 1.43 bits per heavy atom. The molecule has 1 aliphatic heterocycles. The molecule has 0 bridgehead atoms. The van der Waals surface area contributed by atoms with Crippen LogP contribution < -0.4 is 4.90 Å². The van der Waals surface area contributed by atoms with E-state index in [1.807, 2.05) is 40.7 Å². The molecule has 0 spiro atoms. The number of piperazine rings is 1. The smallest absolute Gasteiger partial charge is 0.255 e. The highest BCUT2D eigenvalue weighted by Gasteiger charge is 2.28. The second-order valence-electron chi connectivity index (χ2n) is 8.84. The van der Waals surface area contributed by atoms with Gasteiger partial charge in [0.15, 0.2) is 0 Å². The van der Waals surface area contributed by atoms with E-state index in [0.717, 1.165) is 23.0 Å². The van der Waals surface area contributed by atoms with E-state index >= 15 is 0 Å². The number of halogens is 5. The average Bonchev–Trinajstić information content (AvgIpc) is 3.21. The molecule has 37 heavy (non-hydrogen) atoms. The van der Waals surface area contributed by atoms with Crippen LogP contribution in [0.3, 0.4) is 0 Å². The van der Waals surface area contributed by atoms with Crippen LogP contribution in [0, 0.1) is 18.6 Å². The fourth-order valence-electron chi connectivity index (χ4n) is 4.69. The van der Waals surface area contributed by atoms with Crippen molar-refractivity contribution >= 4 is 46.4 Å². The van der Waals surface area contributed by atoms with Crippen LogP contribution in [0.5, 0.6) is 0 Å². The van der Waals surface area contributed by atoms with E-state index in [1.54, 1.807) is 29.2 Å². The van der Waals surface area contributed by atoms with Crippen LogP contribution in [0.25, 0.3) is 16.9 Å². The fraction of sp³-hybridized carbons (Fsp3) is 0.179. The largest absolute Gasteiger partial charge is 0.366 e. The van der Waals surface area contributed by atoms with Gasteiger partial charge in [-0.15, -0.1) is 0 Å². The van der Waals surface area contributed by atoms with Gasteiger partial charge in [-0.3, -0.25) is 4.79 Å². The van der Waals surface area contributed by atoms with Gasteiger partial charge in [0.05, 0.1) is 27.7 Å². The van der Waals surface area contributed by atoms with Crippen LogP contribution in [0.1, 0.15) is 16.1 Å². The summed E-state index contributed by atoms with van der Waals surface area (Å²) in [6.07, 6.45) is 0. The van der Waals surface area contributed by atoms with Gasteiger partial charge in [-0.2, -0.15) is 0 Å². The number of rotatable bonds is 4. The number of anilines is 1. The normalized spacial score (nSPS) is 13.8. The summed E-state index contributed by atoms with van der Waals surface area (Å²) in [5.41, 5.74) is 3.95. The van der Waals surface area contributed by atoms with Gasteiger partial charge in [-0.05, 0) is 61.0 Å². The Bertz CT molecular complexity index is 1480. The summed E-state index contributed by atoms with van der Waals surface area (Å²) < 4.78 is 29.5. The molecule has 1 aliphatic rings. The van der Waals surface area contributed by atoms with Gasteiger partial charge in [0.1, 0.15) is 11.6 Å². The number of aromatic nitrogens is 1. The summed E-state index contributed by atoms with van der Waals surface area (Å²) in [4.78, 5) is 17.3. The number of hydrogen-bond acceptors (Lipinski definition) is 2. The van der Waals surface area contributed by atoms with Crippen molar-refractivity contribution in [3.63, 3.8) is 0 Å². The Morgan fingerprint density at radius 3 is 2.08 bits per heavy atom. The van der Waals surface area contributed by atoms with Crippen molar-refractivity contribution in [1.82, 2.24) is 9.47 Å². The molecule has 0 aliphatic carbocycles. The van der Waals surface area contributed by atoms with Crippen molar-refractivity contribution in [2.45, 2.75) is 6.92 Å². The molecule has 9 heteroatoms. The zero-order chi connectivity index (χ0) is 26.3. The Labute approximate surface area is 228 Å². The first-order valence-electron chi connectivity index (χ1n) is 11.7. The SMILES string of the molecule is Cc1c(C(=O)N2CCN(c3ccc(F)cc3F)CC2)cc(-c2ccc(Cl)cc2)n1-c1ccc(Cl)cc1Cl. The molecule has 4 nitrogen and oxygen atoms in total. The monoisotopic (exact) mass is 559 g/mol. The van der Waals surface area contributed by atoms with Crippen LogP contribution in [-0.4, -0.2) is 41.6 Å². The first kappa shape index (κ1) is 25.6. The van der Waals surface area contributed by atoms with Crippen LogP contribution in [0.15, 0.2) is 66.7 Å². The van der Waals surface area contributed by atoms with Crippen LogP contribution in [-0.2, 0) is 0 Å². The predicted molar refractivity (Wildman–Crippen MR) is 145 cm³/mol. The number of hydrogen-bond donors (Lipinski definition) is 0. The van der Waals surface area contributed by atoms with Gasteiger partial charge in [-0.25, -0.2) is 8.78 Å². The van der Waals surface area contributed by atoms with Gasteiger partial charge in [0.2, 0.25) is 0 Å². The van der Waals surface area contributed by atoms with E-state index in [-0.39, 0.29) is 5.91 Å². The number of nitrogens with zero attached hydrogens (tertiary/aromatic N) is 3. The van der Waals surface area contributed by atoms with E-state index in [2.05, 4.69) is 0 Å². The molecule has 190 valence electrons. The summed E-state index contributed by atoms with van der Waals surface area (Å²) >= 11 is 18.8. The first-order valence-corrected chi connectivity index (χ1v) is 12.8. The summed E-state index contributed by atoms with van der Waals surface area (Å²) in [6, 6.07) is 18.0. The fourth-order valence-corrected chi connectivity index (χ4v) is 5.31. The van der Waals surface area contributed by atoms with Crippen molar-refractivity contribution < 1.29 is 13.6 Å². The number of carbonyl (C=O) groups excluding carboxylic acids is 1. The Hall–Kier alpha value is -3.06. The summed E-state index contributed by atoms with van der Waals surface area (Å²) in [6.45, 7) is 3.54. The maximum atomic E-state index is 14.3. The molecule has 1 saturated heterocycles. The molecule has 1 amide bonds. The molecule has 1 aromatic heterocycles. The second-order valence-corrected chi connectivity index (χ2v) is 10.1. The molecule has 0 N–H and O–H groups in total. The van der Waals surface area contributed by atoms with Crippen molar-refractivity contribution in [2.24, 2.45) is 0 Å². The second kappa shape index (κ2) is 10.4. The first-order chi connectivity index (χ1) is 17.7. The Morgan fingerprint density at radius 1 is 0.784 bits per heavy atom. The molecule has 0 unspecified atom stereocenters. The van der Waals surface area contributed by atoms with Crippen molar-refractivity contribution in [3.8, 4) is 16.9 Å². The molecular weight excluding hydrogens is 539 g/mol. The van der Waals surface area contributed by atoms with Crippen LogP contribution >= 0.6 is 34.8 Å². The van der Waals surface area contributed by atoms with E-state index in [0.29, 0.717) is 58.2 Å². The zero-order valence-electron chi connectivity index (χ0n) is 19.8. The Balaban J connectivity index is 1.47. The molecule has 1 fully saturated rings. The van der Waals surface area contributed by atoms with Crippen LogP contribution in [0.2, 0.25) is 15.1 Å². The minimum atomic E-state index is -0.618. The van der Waals surface area contributed by atoms with Gasteiger partial charge in [0, 0.05) is 48.0 Å². The third-order valence-corrected chi connectivity index (χ3v) is 7.38. The molecule has 0 radical (unpaired) electrons. The Kier molecular flexibility index (Phi) is 7.17. The zero-order valence-corrected chi connectivity index (χ0v) is 22.1. The maximum absolute atomic E-state index is 14.3. The highest BCUT2D eigenvalue weighted by atomic mass is 35.5. The highest BCUT2D eigenvalue weighted by Crippen LogP contribution is 2.35. The topological polar surface area (TPSA) is 28.5 Å². The maximum Gasteiger partial charge on any atom is 0.255 e. The van der Waals surface area contributed by atoms with Crippen LogP contribution in [0.4, 0.5) is 14.5 Å². The third kappa shape index (κ3) is 5.06. The lowest BCUT2D eigenvalue weighted by Crippen LogP contribution is -2.49. The van der Waals surface area contributed by atoms with E-state index in [4.69, 9.17) is 34.8 Å². The quantitative estimate of drug-likeness (QED) is 0.256. The van der Waals surface area contributed by atoms with Gasteiger partial charge in [-0.1, -0.05) is 46.9 Å². The molecule has 5 rings (SSSR count). The molecule has 0 saturated carbocycles. The standard InChI is InChI=1S/C28H22Cl3F2N3O/c1-17-22(28(37)35-12-10-34(11-13-35)26-9-7-21(32)15-24(26)33)16-27(18-2-4-19(29)5-3-18)36(17)25-8-6-20(30)14-23(25)31/h2-9,14-16H,10-13H2,1H3. The van der Waals surface area contributed by atoms with E-state index < -0.39 is 11.6 Å². The molecule has 3 aromatic carbocycles. The number of carbonyl (C=O) groups is 1. The van der Waals surface area contributed by atoms with Crippen molar-refractivity contribution in [3.05, 3.63) is 105 Å². The lowest BCUT2D eigenvalue weighted by molar-refractivity contribution is 0.0746. The molecule has 4 aromatic rings. The lowest BCUT2D eigenvalue weighted by atomic mass is 10.1. The summed E-state index contributed by atoms with van der Waals surface area (Å²) in [5.74, 6) is -1.36. The average molecular weight is 561 g/mol. The van der Waals surface area contributed by atoms with Gasteiger partial charge >= 0.3 is 0 Å². The highest BCUT2D eigenvalue weighted by molar-refractivity contribution is 6.35. The molecular formula is C28H22Cl3F2N3O. The summed E-state index contributed by atoms with van der Waals surface area (Å²) in [7, 11) is 0. The lowest BCUT2D eigenvalue weighted by Gasteiger charge is -2.36. The molecule has 0 atom stereocenters. The van der Waals surface area contributed by atoms with Gasteiger partial charge < -0.3 is 14.4 Å². The van der Waals surface area contributed by atoms with E-state index in [9.17, 15) is 13.6 Å². The predicted octanol–water partition coefficient (Wildman–Crippen LogP) is 7.65. The summed E-state index contributed by atoms with van der Waals surface area (Å²) in [5, 5.41) is 1.57. The molecule has 2 heterocycles. The minimum absolute atomic E-state index is 0.129. The van der Waals surface area contributed by atoms with Crippen molar-refractivity contribution in [2.75, 3.05) is 31.1 Å². The van der Waals surface area contributed by atoms with Crippen molar-refractivity contribution in [1.29, 1.82) is 0 Å². The minimum Gasteiger partial charge on any atom is -0.366 e. The number of amides is 1. The van der Waals surface area contributed by atoms with Gasteiger partial charge in [0.25, 0.3) is 5.91 Å².